The number of hydrogen-bond acceptors (Lipinski definition) is 3. The van der Waals surface area contributed by atoms with Crippen LogP contribution < -0.4 is 11.1 Å². The summed E-state index contributed by atoms with van der Waals surface area (Å²) >= 11 is 0. The highest BCUT2D eigenvalue weighted by Gasteiger charge is 2.26. The van der Waals surface area contributed by atoms with E-state index in [2.05, 4.69) is 5.32 Å². The zero-order valence-electron chi connectivity index (χ0n) is 10.5. The lowest BCUT2D eigenvalue weighted by Crippen LogP contribution is -2.49. The largest absolute Gasteiger partial charge is 0.381 e. The smallest absolute Gasteiger partial charge is 0.237 e. The molecule has 0 radical (unpaired) electrons. The molecule has 1 saturated heterocycles. The highest BCUT2D eigenvalue weighted by Crippen LogP contribution is 2.16. The van der Waals surface area contributed by atoms with Gasteiger partial charge in [-0.05, 0) is 19.3 Å². The van der Waals surface area contributed by atoms with Crippen LogP contribution in [0.4, 0.5) is 0 Å². The summed E-state index contributed by atoms with van der Waals surface area (Å²) in [7, 11) is 0. The molecule has 1 fully saturated rings. The van der Waals surface area contributed by atoms with Crippen LogP contribution in [0.25, 0.3) is 0 Å². The molecule has 0 aromatic carbocycles. The van der Waals surface area contributed by atoms with Gasteiger partial charge in [-0.25, -0.2) is 0 Å². The van der Waals surface area contributed by atoms with Crippen molar-refractivity contribution in [2.75, 3.05) is 13.2 Å². The molecule has 1 aliphatic heterocycles. The SMILES string of the molecule is CCC(C)[C@H](N)C(=O)NC(C)C1CCOC1. The molecule has 0 aliphatic carbocycles. The van der Waals surface area contributed by atoms with E-state index in [1.807, 2.05) is 20.8 Å². The summed E-state index contributed by atoms with van der Waals surface area (Å²) < 4.78 is 5.31. The fourth-order valence-electron chi connectivity index (χ4n) is 1.90. The van der Waals surface area contributed by atoms with Crippen LogP contribution >= 0.6 is 0 Å². The van der Waals surface area contributed by atoms with Gasteiger partial charge in [0.05, 0.1) is 12.6 Å². The molecular formula is C12H24N2O2. The topological polar surface area (TPSA) is 64.4 Å². The lowest BCUT2D eigenvalue weighted by Gasteiger charge is -2.23. The standard InChI is InChI=1S/C12H24N2O2/c1-4-8(2)11(13)12(15)14-9(3)10-5-6-16-7-10/h8-11H,4-7,13H2,1-3H3,(H,14,15)/t8?,9?,10?,11-/m0/s1. The Morgan fingerprint density at radius 2 is 2.25 bits per heavy atom. The van der Waals surface area contributed by atoms with Crippen molar-refractivity contribution in [3.63, 3.8) is 0 Å². The molecule has 3 N–H and O–H groups in total. The Hall–Kier alpha value is -0.610. The van der Waals surface area contributed by atoms with Gasteiger partial charge >= 0.3 is 0 Å². The van der Waals surface area contributed by atoms with Gasteiger partial charge in [0.2, 0.25) is 5.91 Å². The third-order valence-corrected chi connectivity index (χ3v) is 3.60. The maximum Gasteiger partial charge on any atom is 0.237 e. The van der Waals surface area contributed by atoms with E-state index < -0.39 is 6.04 Å². The number of carbonyl (C=O) groups excluding carboxylic acids is 1. The number of nitrogens with one attached hydrogen (secondary N) is 1. The van der Waals surface area contributed by atoms with Crippen LogP contribution in [0.15, 0.2) is 0 Å². The second-order valence-electron chi connectivity index (χ2n) is 4.83. The van der Waals surface area contributed by atoms with Gasteiger partial charge in [0.25, 0.3) is 0 Å². The van der Waals surface area contributed by atoms with Gasteiger partial charge in [-0.3, -0.25) is 4.79 Å². The number of amides is 1. The minimum Gasteiger partial charge on any atom is -0.381 e. The third-order valence-electron chi connectivity index (χ3n) is 3.60. The van der Waals surface area contributed by atoms with Crippen molar-refractivity contribution in [1.29, 1.82) is 0 Å². The van der Waals surface area contributed by atoms with Gasteiger partial charge in [0.15, 0.2) is 0 Å². The van der Waals surface area contributed by atoms with Crippen molar-refractivity contribution in [1.82, 2.24) is 5.32 Å². The summed E-state index contributed by atoms with van der Waals surface area (Å²) in [5, 5.41) is 2.99. The van der Waals surface area contributed by atoms with E-state index in [4.69, 9.17) is 10.5 Å². The quantitative estimate of drug-likeness (QED) is 0.735. The van der Waals surface area contributed by atoms with Crippen molar-refractivity contribution < 1.29 is 9.53 Å². The number of carbonyl (C=O) groups is 1. The van der Waals surface area contributed by atoms with Crippen LogP contribution in [-0.2, 0) is 9.53 Å². The first-order chi connectivity index (χ1) is 7.56. The van der Waals surface area contributed by atoms with Gasteiger partial charge in [-0.15, -0.1) is 0 Å². The Balaban J connectivity index is 2.37. The Morgan fingerprint density at radius 1 is 1.56 bits per heavy atom. The van der Waals surface area contributed by atoms with Crippen LogP contribution in [0.3, 0.4) is 0 Å². The molecule has 4 heteroatoms. The normalized spacial score (nSPS) is 26.1. The molecule has 0 aromatic rings. The molecule has 0 spiro atoms. The molecular weight excluding hydrogens is 204 g/mol. The highest BCUT2D eigenvalue weighted by atomic mass is 16.5. The molecule has 1 aliphatic rings. The van der Waals surface area contributed by atoms with Gasteiger partial charge in [0.1, 0.15) is 0 Å². The van der Waals surface area contributed by atoms with Gasteiger partial charge < -0.3 is 15.8 Å². The highest BCUT2D eigenvalue weighted by molar-refractivity contribution is 5.82. The first kappa shape index (κ1) is 13.5. The second kappa shape index (κ2) is 6.21. The summed E-state index contributed by atoms with van der Waals surface area (Å²) in [6.07, 6.45) is 1.95. The predicted molar refractivity (Wildman–Crippen MR) is 64.0 cm³/mol. The van der Waals surface area contributed by atoms with E-state index in [9.17, 15) is 4.79 Å². The van der Waals surface area contributed by atoms with Crippen LogP contribution in [0.1, 0.15) is 33.6 Å². The van der Waals surface area contributed by atoms with Crippen molar-refractivity contribution in [3.8, 4) is 0 Å². The van der Waals surface area contributed by atoms with E-state index >= 15 is 0 Å². The second-order valence-corrected chi connectivity index (χ2v) is 4.83. The summed E-state index contributed by atoms with van der Waals surface area (Å²) in [4.78, 5) is 11.8. The molecule has 0 saturated carbocycles. The number of rotatable bonds is 5. The summed E-state index contributed by atoms with van der Waals surface area (Å²) in [5.41, 5.74) is 5.87. The molecule has 4 atom stereocenters. The lowest BCUT2D eigenvalue weighted by atomic mass is 9.97. The monoisotopic (exact) mass is 228 g/mol. The predicted octanol–water partition coefficient (Wildman–Crippen LogP) is 0.901. The Labute approximate surface area is 97.9 Å². The molecule has 0 bridgehead atoms. The third kappa shape index (κ3) is 3.46. The fraction of sp³-hybridized carbons (Fsp3) is 0.917. The van der Waals surface area contributed by atoms with Crippen LogP contribution in [0.2, 0.25) is 0 Å². The number of nitrogens with two attached hydrogens (primary N) is 1. The first-order valence-corrected chi connectivity index (χ1v) is 6.20. The number of hydrogen-bond donors (Lipinski definition) is 2. The maximum atomic E-state index is 11.8. The summed E-state index contributed by atoms with van der Waals surface area (Å²) in [6, 6.07) is -0.236. The van der Waals surface area contributed by atoms with Crippen molar-refractivity contribution >= 4 is 5.91 Å². The summed E-state index contributed by atoms with van der Waals surface area (Å²) in [6.45, 7) is 7.64. The number of ether oxygens (including phenoxy) is 1. The first-order valence-electron chi connectivity index (χ1n) is 6.20. The Kier molecular flexibility index (Phi) is 5.22. The Bertz CT molecular complexity index is 227. The average molecular weight is 228 g/mol. The van der Waals surface area contributed by atoms with E-state index in [0.29, 0.717) is 5.92 Å². The average Bonchev–Trinajstić information content (AvgIpc) is 2.80. The molecule has 0 aromatic heterocycles. The van der Waals surface area contributed by atoms with E-state index in [0.717, 1.165) is 26.1 Å². The zero-order valence-corrected chi connectivity index (χ0v) is 10.5. The molecule has 16 heavy (non-hydrogen) atoms. The molecule has 4 nitrogen and oxygen atoms in total. The van der Waals surface area contributed by atoms with Gasteiger partial charge in [0, 0.05) is 18.6 Å². The van der Waals surface area contributed by atoms with Crippen molar-refractivity contribution in [3.05, 3.63) is 0 Å². The van der Waals surface area contributed by atoms with Crippen LogP contribution in [0, 0.1) is 11.8 Å². The van der Waals surface area contributed by atoms with Crippen molar-refractivity contribution in [2.24, 2.45) is 17.6 Å². The molecule has 1 heterocycles. The minimum atomic E-state index is -0.394. The van der Waals surface area contributed by atoms with Gasteiger partial charge in [-0.2, -0.15) is 0 Å². The molecule has 1 amide bonds. The summed E-state index contributed by atoms with van der Waals surface area (Å²) in [5.74, 6) is 0.633. The van der Waals surface area contributed by atoms with E-state index in [1.165, 1.54) is 0 Å². The van der Waals surface area contributed by atoms with Crippen molar-refractivity contribution in [2.45, 2.75) is 45.7 Å². The minimum absolute atomic E-state index is 0.0336. The van der Waals surface area contributed by atoms with E-state index in [-0.39, 0.29) is 17.9 Å². The van der Waals surface area contributed by atoms with Crippen LogP contribution in [-0.4, -0.2) is 31.2 Å². The maximum absolute atomic E-state index is 11.8. The zero-order chi connectivity index (χ0) is 12.1. The molecule has 1 rings (SSSR count). The molecule has 3 unspecified atom stereocenters. The van der Waals surface area contributed by atoms with E-state index in [1.54, 1.807) is 0 Å². The molecule has 94 valence electrons. The fourth-order valence-corrected chi connectivity index (χ4v) is 1.90. The van der Waals surface area contributed by atoms with Gasteiger partial charge in [-0.1, -0.05) is 20.3 Å². The van der Waals surface area contributed by atoms with Crippen LogP contribution in [0.5, 0.6) is 0 Å². The Morgan fingerprint density at radius 3 is 2.75 bits per heavy atom. The lowest BCUT2D eigenvalue weighted by molar-refractivity contribution is -0.124.